The number of rotatable bonds is 0. The summed E-state index contributed by atoms with van der Waals surface area (Å²) >= 11 is 0. The molecular formula is C10H20N2O4. The van der Waals surface area contributed by atoms with Crippen molar-refractivity contribution in [1.82, 2.24) is 10.9 Å². The predicted molar refractivity (Wildman–Crippen MR) is 58.7 cm³/mol. The fourth-order valence-corrected chi connectivity index (χ4v) is 0.709. The number of amides is 2. The summed E-state index contributed by atoms with van der Waals surface area (Å²) in [6.45, 7) is 10.3. The van der Waals surface area contributed by atoms with Crippen molar-refractivity contribution in [3.63, 3.8) is 0 Å². The molecule has 0 atom stereocenters. The van der Waals surface area contributed by atoms with E-state index in [1.807, 2.05) is 0 Å². The van der Waals surface area contributed by atoms with Crippen LogP contribution in [0.15, 0.2) is 0 Å². The van der Waals surface area contributed by atoms with E-state index in [1.165, 1.54) is 0 Å². The molecule has 0 bridgehead atoms. The maximum atomic E-state index is 11.1. The zero-order valence-electron chi connectivity index (χ0n) is 10.6. The molecule has 2 amide bonds. The van der Waals surface area contributed by atoms with Gasteiger partial charge in [0.05, 0.1) is 0 Å². The molecule has 2 N–H and O–H groups in total. The lowest BCUT2D eigenvalue weighted by atomic mass is 10.2. The van der Waals surface area contributed by atoms with Crippen molar-refractivity contribution >= 4 is 12.2 Å². The molecule has 16 heavy (non-hydrogen) atoms. The second-order valence-corrected chi connectivity index (χ2v) is 5.25. The predicted octanol–water partition coefficient (Wildman–Crippen LogP) is 1.95. The summed E-state index contributed by atoms with van der Waals surface area (Å²) in [4.78, 5) is 22.3. The average molecular weight is 234 g/mol. The number of carbonyl (C=O) groups is 2. The van der Waals surface area contributed by atoms with Crippen LogP contribution in [0.3, 0.4) is 0 Å². The second-order valence-electron chi connectivity index (χ2n) is 5.25. The van der Waals surface area contributed by atoms with Crippen LogP contribution in [0.4, 0.5) is 9.59 Å². The third-order valence-corrected chi connectivity index (χ3v) is 1.06. The average Bonchev–Trinajstić information content (AvgIpc) is 1.94. The monoisotopic (exact) mass is 234 g/mol. The molecule has 0 saturated carbocycles. The number of hydrogen-bond acceptors (Lipinski definition) is 4. The van der Waals surface area contributed by atoms with Crippen LogP contribution in [-0.2, 0) is 9.47 Å². The van der Waals surface area contributed by atoms with Gasteiger partial charge in [-0.15, -0.1) is 0 Å². The summed E-state index contributed by atoms with van der Waals surface area (Å²) in [6.07, 6.45) is -1.48. The highest BCUT2D eigenvalue weighted by Gasteiger charge is 2.19. The largest absolute Gasteiger partial charge is 0.443 e. The lowest BCUT2D eigenvalue weighted by Gasteiger charge is -2.22. The minimum absolute atomic E-state index is 0.611. The number of nitrogens with one attached hydrogen (secondary N) is 2. The first kappa shape index (κ1) is 14.5. The van der Waals surface area contributed by atoms with E-state index in [4.69, 9.17) is 9.47 Å². The molecule has 0 rings (SSSR count). The SMILES string of the molecule is CC(C)(C)OC(=O)[15NH][15NH]C(=O)OC(C)(C)C. The van der Waals surface area contributed by atoms with E-state index >= 15 is 0 Å². The van der Waals surface area contributed by atoms with E-state index in [1.54, 1.807) is 41.5 Å². The van der Waals surface area contributed by atoms with Crippen LogP contribution in [0, 0.1) is 0 Å². The third kappa shape index (κ3) is 9.11. The molecular weight excluding hydrogens is 214 g/mol. The molecule has 0 unspecified atom stereocenters. The van der Waals surface area contributed by atoms with Crippen molar-refractivity contribution in [2.75, 3.05) is 0 Å². The molecule has 0 saturated heterocycles. The van der Waals surface area contributed by atoms with E-state index < -0.39 is 23.4 Å². The Morgan fingerprint density at radius 2 is 1.00 bits per heavy atom. The molecule has 0 radical (unpaired) electrons. The van der Waals surface area contributed by atoms with Gasteiger partial charge >= 0.3 is 12.2 Å². The lowest BCUT2D eigenvalue weighted by Crippen LogP contribution is -2.46. The maximum Gasteiger partial charge on any atom is 0.426 e. The molecule has 0 aromatic carbocycles. The Morgan fingerprint density at radius 3 is 1.19 bits per heavy atom. The molecule has 94 valence electrons. The first-order valence-corrected chi connectivity index (χ1v) is 4.97. The molecule has 0 aliphatic rings. The Morgan fingerprint density at radius 1 is 0.750 bits per heavy atom. The molecule has 6 heteroatoms. The van der Waals surface area contributed by atoms with Gasteiger partial charge in [0.2, 0.25) is 0 Å². The van der Waals surface area contributed by atoms with Crippen molar-refractivity contribution in [1.29, 1.82) is 0 Å². The van der Waals surface area contributed by atoms with Crippen LogP contribution >= 0.6 is 0 Å². The Balaban J connectivity index is 3.90. The normalized spacial score (nSPS) is 11.6. The molecule has 0 aliphatic heterocycles. The van der Waals surface area contributed by atoms with Gasteiger partial charge in [0, 0.05) is 0 Å². The quantitative estimate of drug-likeness (QED) is 0.496. The highest BCUT2D eigenvalue weighted by Crippen LogP contribution is 2.07. The summed E-state index contributed by atoms with van der Waals surface area (Å²) in [7, 11) is 0. The lowest BCUT2D eigenvalue weighted by molar-refractivity contribution is 0.0363. The van der Waals surface area contributed by atoms with E-state index in [0.29, 0.717) is 0 Å². The Bertz CT molecular complexity index is 235. The summed E-state index contributed by atoms with van der Waals surface area (Å²) in [5.41, 5.74) is 2.93. The van der Waals surface area contributed by atoms with Crippen LogP contribution in [0.2, 0.25) is 0 Å². The van der Waals surface area contributed by atoms with Crippen LogP contribution in [0.5, 0.6) is 0 Å². The maximum absolute atomic E-state index is 11.1. The second kappa shape index (κ2) is 5.05. The van der Waals surface area contributed by atoms with Crippen molar-refractivity contribution in [2.45, 2.75) is 52.7 Å². The molecule has 0 aromatic rings. The Kier molecular flexibility index (Phi) is 4.59. The van der Waals surface area contributed by atoms with Crippen LogP contribution in [-0.4, -0.2) is 23.4 Å². The van der Waals surface area contributed by atoms with Crippen LogP contribution in [0.1, 0.15) is 41.5 Å². The first-order chi connectivity index (χ1) is 6.99. The smallest absolute Gasteiger partial charge is 0.426 e. The van der Waals surface area contributed by atoms with Gasteiger partial charge in [-0.05, 0) is 41.5 Å². The van der Waals surface area contributed by atoms with Gasteiger partial charge in [-0.3, -0.25) is 0 Å². The minimum Gasteiger partial charge on any atom is -0.443 e. The zero-order valence-corrected chi connectivity index (χ0v) is 10.6. The zero-order chi connectivity index (χ0) is 13.0. The summed E-state index contributed by atoms with van der Waals surface area (Å²) in [5.74, 6) is 0. The van der Waals surface area contributed by atoms with Crippen LogP contribution < -0.4 is 10.9 Å². The van der Waals surface area contributed by atoms with E-state index in [0.717, 1.165) is 0 Å². The number of hydrazine groups is 1. The summed E-state index contributed by atoms with van der Waals surface area (Å²) in [6, 6.07) is 0. The number of ether oxygens (including phenoxy) is 2. The van der Waals surface area contributed by atoms with Gasteiger partial charge in [-0.2, -0.15) is 0 Å². The summed E-state index contributed by atoms with van der Waals surface area (Å²) in [5, 5.41) is 0. The molecule has 0 aromatic heterocycles. The standard InChI is InChI=1S/C10H20N2O4/c1-9(2,3)15-7(13)11-12-8(14)16-10(4,5)6/h1-6H3,(H,11,13)(H,12,14)/i11+1,12+1. The molecule has 0 fully saturated rings. The third-order valence-electron chi connectivity index (χ3n) is 1.06. The van der Waals surface area contributed by atoms with E-state index in [-0.39, 0.29) is 0 Å². The highest BCUT2D eigenvalue weighted by molar-refractivity contribution is 5.74. The van der Waals surface area contributed by atoms with E-state index in [2.05, 4.69) is 10.9 Å². The van der Waals surface area contributed by atoms with Crippen LogP contribution in [0.25, 0.3) is 0 Å². The number of carbonyl (C=O) groups excluding carboxylic acids is 2. The van der Waals surface area contributed by atoms with Gasteiger partial charge in [-0.25, -0.2) is 20.4 Å². The fraction of sp³-hybridized carbons (Fsp3) is 0.800. The number of hydrogen-bond donors (Lipinski definition) is 2. The topological polar surface area (TPSA) is 76.7 Å². The molecule has 6 nitrogen and oxygen atoms in total. The summed E-state index contributed by atoms with van der Waals surface area (Å²) < 4.78 is 9.80. The minimum atomic E-state index is -0.738. The van der Waals surface area contributed by atoms with E-state index in [9.17, 15) is 9.59 Å². The van der Waals surface area contributed by atoms with Gasteiger partial charge in [0.25, 0.3) is 0 Å². The molecule has 0 aliphatic carbocycles. The van der Waals surface area contributed by atoms with Gasteiger partial charge in [0.15, 0.2) is 0 Å². The van der Waals surface area contributed by atoms with Crippen molar-refractivity contribution in [3.8, 4) is 0 Å². The van der Waals surface area contributed by atoms with Gasteiger partial charge in [0.1, 0.15) is 11.2 Å². The first-order valence-electron chi connectivity index (χ1n) is 4.97. The van der Waals surface area contributed by atoms with Crippen molar-refractivity contribution < 1.29 is 19.1 Å². The Hall–Kier alpha value is -1.46. The van der Waals surface area contributed by atoms with Crippen molar-refractivity contribution in [2.24, 2.45) is 0 Å². The highest BCUT2D eigenvalue weighted by atomic mass is 16.7. The molecule has 0 spiro atoms. The van der Waals surface area contributed by atoms with Gasteiger partial charge < -0.3 is 9.47 Å². The fourth-order valence-electron chi connectivity index (χ4n) is 0.709. The van der Waals surface area contributed by atoms with Gasteiger partial charge in [-0.1, -0.05) is 0 Å². The van der Waals surface area contributed by atoms with Crippen molar-refractivity contribution in [3.05, 3.63) is 0 Å². The Labute approximate surface area is 95.6 Å². The molecule has 0 heterocycles.